The second kappa shape index (κ2) is 5.09. The summed E-state index contributed by atoms with van der Waals surface area (Å²) in [5, 5.41) is 2.06. The van der Waals surface area contributed by atoms with E-state index in [1.54, 1.807) is 11.3 Å². The number of hydrogen-bond donors (Lipinski definition) is 1. The number of aromatic nitrogens is 2. The SMILES string of the molecule is Fc1cc2nc(CCCc3cccs3)[nH]c2cc1F. The third-order valence-corrected chi connectivity index (χ3v) is 3.93. The van der Waals surface area contributed by atoms with E-state index in [9.17, 15) is 8.78 Å². The first-order valence-corrected chi connectivity index (χ1v) is 6.96. The first kappa shape index (κ1) is 12.3. The first-order valence-electron chi connectivity index (χ1n) is 6.08. The van der Waals surface area contributed by atoms with Crippen LogP contribution in [0.3, 0.4) is 0 Å². The highest BCUT2D eigenvalue weighted by Crippen LogP contribution is 2.18. The quantitative estimate of drug-likeness (QED) is 0.765. The Balaban J connectivity index is 1.71. The van der Waals surface area contributed by atoms with Gasteiger partial charge in [-0.2, -0.15) is 0 Å². The highest BCUT2D eigenvalue weighted by atomic mass is 32.1. The average molecular weight is 278 g/mol. The highest BCUT2D eigenvalue weighted by Gasteiger charge is 2.08. The molecule has 0 radical (unpaired) electrons. The van der Waals surface area contributed by atoms with Crippen LogP contribution >= 0.6 is 11.3 Å². The van der Waals surface area contributed by atoms with Crippen molar-refractivity contribution >= 4 is 22.4 Å². The second-order valence-corrected chi connectivity index (χ2v) is 5.43. The first-order chi connectivity index (χ1) is 9.22. The summed E-state index contributed by atoms with van der Waals surface area (Å²) in [6.07, 6.45) is 2.73. The van der Waals surface area contributed by atoms with Gasteiger partial charge in [-0.3, -0.25) is 0 Å². The van der Waals surface area contributed by atoms with Crippen LogP contribution in [0.2, 0.25) is 0 Å². The maximum absolute atomic E-state index is 13.1. The molecule has 0 fully saturated rings. The van der Waals surface area contributed by atoms with Crippen LogP contribution in [0.4, 0.5) is 8.78 Å². The molecule has 3 aromatic rings. The van der Waals surface area contributed by atoms with Crippen molar-refractivity contribution in [2.45, 2.75) is 19.3 Å². The highest BCUT2D eigenvalue weighted by molar-refractivity contribution is 7.09. The minimum atomic E-state index is -0.857. The van der Waals surface area contributed by atoms with Crippen molar-refractivity contribution in [1.29, 1.82) is 0 Å². The van der Waals surface area contributed by atoms with E-state index in [2.05, 4.69) is 21.4 Å². The summed E-state index contributed by atoms with van der Waals surface area (Å²) < 4.78 is 26.1. The molecule has 19 heavy (non-hydrogen) atoms. The largest absolute Gasteiger partial charge is 0.342 e. The van der Waals surface area contributed by atoms with Crippen LogP contribution in [-0.2, 0) is 12.8 Å². The van der Waals surface area contributed by atoms with Gasteiger partial charge in [-0.05, 0) is 24.3 Å². The van der Waals surface area contributed by atoms with Crippen LogP contribution in [0.5, 0.6) is 0 Å². The fourth-order valence-corrected chi connectivity index (χ4v) is 2.81. The van der Waals surface area contributed by atoms with Gasteiger partial charge in [0, 0.05) is 23.4 Å². The minimum absolute atomic E-state index is 0.477. The Morgan fingerprint density at radius 2 is 2.00 bits per heavy atom. The molecule has 0 atom stereocenters. The number of benzene rings is 1. The maximum atomic E-state index is 13.1. The molecule has 0 aliphatic carbocycles. The fraction of sp³-hybridized carbons (Fsp3) is 0.214. The van der Waals surface area contributed by atoms with Crippen molar-refractivity contribution in [2.75, 3.05) is 0 Å². The number of thiophene rings is 1. The van der Waals surface area contributed by atoms with E-state index in [-0.39, 0.29) is 0 Å². The van der Waals surface area contributed by atoms with Gasteiger partial charge in [0.15, 0.2) is 11.6 Å². The van der Waals surface area contributed by atoms with Gasteiger partial charge in [0.1, 0.15) is 5.82 Å². The van der Waals surface area contributed by atoms with E-state index in [4.69, 9.17) is 0 Å². The van der Waals surface area contributed by atoms with E-state index in [0.29, 0.717) is 11.0 Å². The molecule has 2 heterocycles. The number of aromatic amines is 1. The molecule has 98 valence electrons. The van der Waals surface area contributed by atoms with Gasteiger partial charge in [0.25, 0.3) is 0 Å². The van der Waals surface area contributed by atoms with Gasteiger partial charge >= 0.3 is 0 Å². The molecule has 0 saturated carbocycles. The zero-order valence-corrected chi connectivity index (χ0v) is 10.9. The van der Waals surface area contributed by atoms with E-state index in [1.165, 1.54) is 4.88 Å². The normalized spacial score (nSPS) is 11.3. The smallest absolute Gasteiger partial charge is 0.161 e. The lowest BCUT2D eigenvalue weighted by Gasteiger charge is -1.95. The number of nitrogens with one attached hydrogen (secondary N) is 1. The van der Waals surface area contributed by atoms with Gasteiger partial charge < -0.3 is 4.98 Å². The molecule has 3 rings (SSSR count). The Morgan fingerprint density at radius 3 is 2.79 bits per heavy atom. The Labute approximate surface area is 113 Å². The van der Waals surface area contributed by atoms with Crippen LogP contribution in [0.25, 0.3) is 11.0 Å². The molecule has 2 nitrogen and oxygen atoms in total. The number of hydrogen-bond acceptors (Lipinski definition) is 2. The topological polar surface area (TPSA) is 28.7 Å². The summed E-state index contributed by atoms with van der Waals surface area (Å²) in [6.45, 7) is 0. The van der Waals surface area contributed by atoms with Crippen molar-refractivity contribution in [3.8, 4) is 0 Å². The zero-order valence-electron chi connectivity index (χ0n) is 10.1. The van der Waals surface area contributed by atoms with Crippen LogP contribution < -0.4 is 0 Å². The second-order valence-electron chi connectivity index (χ2n) is 4.40. The van der Waals surface area contributed by atoms with Gasteiger partial charge in [-0.1, -0.05) is 6.07 Å². The molecule has 1 aromatic carbocycles. The molecule has 0 aliphatic rings. The number of fused-ring (bicyclic) bond motifs is 1. The standard InChI is InChI=1S/C14H12F2N2S/c15-10-7-12-13(8-11(10)16)18-14(17-12)5-1-3-9-4-2-6-19-9/h2,4,6-8H,1,3,5H2,(H,17,18). The average Bonchev–Trinajstić information content (AvgIpc) is 2.99. The lowest BCUT2D eigenvalue weighted by Crippen LogP contribution is -1.90. The van der Waals surface area contributed by atoms with Gasteiger partial charge in [0.2, 0.25) is 0 Å². The maximum Gasteiger partial charge on any atom is 0.161 e. The number of imidazole rings is 1. The zero-order chi connectivity index (χ0) is 13.2. The predicted octanol–water partition coefficient (Wildman–Crippen LogP) is 4.08. The summed E-state index contributed by atoms with van der Waals surface area (Å²) in [7, 11) is 0. The number of halogens is 2. The predicted molar refractivity (Wildman–Crippen MR) is 72.4 cm³/mol. The van der Waals surface area contributed by atoms with Crippen molar-refractivity contribution in [1.82, 2.24) is 9.97 Å². The molecule has 0 aliphatic heterocycles. The Kier molecular flexibility index (Phi) is 3.29. The third kappa shape index (κ3) is 2.66. The van der Waals surface area contributed by atoms with Crippen molar-refractivity contribution in [3.05, 3.63) is 52.0 Å². The molecular formula is C14H12F2N2S. The monoisotopic (exact) mass is 278 g/mol. The molecule has 2 aromatic heterocycles. The van der Waals surface area contributed by atoms with Crippen LogP contribution in [0, 0.1) is 11.6 Å². The summed E-state index contributed by atoms with van der Waals surface area (Å²) in [6, 6.07) is 6.42. The Hall–Kier alpha value is -1.75. The molecule has 0 bridgehead atoms. The van der Waals surface area contributed by atoms with Crippen LogP contribution in [0.15, 0.2) is 29.6 Å². The van der Waals surface area contributed by atoms with Crippen LogP contribution in [-0.4, -0.2) is 9.97 Å². The van der Waals surface area contributed by atoms with E-state index in [1.807, 2.05) is 6.07 Å². The number of nitrogens with zero attached hydrogens (tertiary/aromatic N) is 1. The lowest BCUT2D eigenvalue weighted by atomic mass is 10.2. The van der Waals surface area contributed by atoms with Crippen molar-refractivity contribution < 1.29 is 8.78 Å². The Bertz CT molecular complexity index is 650. The van der Waals surface area contributed by atoms with Gasteiger partial charge in [0.05, 0.1) is 11.0 Å². The van der Waals surface area contributed by atoms with Gasteiger partial charge in [-0.25, -0.2) is 13.8 Å². The fourth-order valence-electron chi connectivity index (χ4n) is 2.06. The molecule has 0 spiro atoms. The molecular weight excluding hydrogens is 266 g/mol. The van der Waals surface area contributed by atoms with Crippen molar-refractivity contribution in [3.63, 3.8) is 0 Å². The van der Waals surface area contributed by atoms with E-state index >= 15 is 0 Å². The molecule has 0 amide bonds. The summed E-state index contributed by atoms with van der Waals surface area (Å²) >= 11 is 1.74. The number of aryl methyl sites for hydroxylation is 2. The van der Waals surface area contributed by atoms with E-state index in [0.717, 1.165) is 37.2 Å². The number of H-pyrrole nitrogens is 1. The molecule has 0 saturated heterocycles. The molecule has 5 heteroatoms. The van der Waals surface area contributed by atoms with E-state index < -0.39 is 11.6 Å². The molecule has 0 unspecified atom stereocenters. The van der Waals surface area contributed by atoms with Crippen molar-refractivity contribution in [2.24, 2.45) is 0 Å². The minimum Gasteiger partial charge on any atom is -0.342 e. The number of rotatable bonds is 4. The summed E-state index contributed by atoms with van der Waals surface area (Å²) in [5.41, 5.74) is 1.02. The van der Waals surface area contributed by atoms with Gasteiger partial charge in [-0.15, -0.1) is 11.3 Å². The Morgan fingerprint density at radius 1 is 1.16 bits per heavy atom. The lowest BCUT2D eigenvalue weighted by molar-refractivity contribution is 0.510. The summed E-state index contributed by atoms with van der Waals surface area (Å²) in [5.74, 6) is -0.929. The van der Waals surface area contributed by atoms with Crippen LogP contribution in [0.1, 0.15) is 17.1 Å². The summed E-state index contributed by atoms with van der Waals surface area (Å²) in [4.78, 5) is 8.64. The third-order valence-electron chi connectivity index (χ3n) is 2.99. The molecule has 1 N–H and O–H groups in total.